The van der Waals surface area contributed by atoms with Crippen LogP contribution in [0.3, 0.4) is 0 Å². The normalized spacial score (nSPS) is 16.8. The van der Waals surface area contributed by atoms with Crippen molar-refractivity contribution in [2.75, 3.05) is 26.2 Å². The third-order valence-electron chi connectivity index (χ3n) is 6.35. The summed E-state index contributed by atoms with van der Waals surface area (Å²) in [6.45, 7) is 8.90. The molecule has 2 heterocycles. The van der Waals surface area contributed by atoms with E-state index in [1.54, 1.807) is 0 Å². The largest absolute Gasteiger partial charge is 0.489 e. The van der Waals surface area contributed by atoms with Gasteiger partial charge in [-0.15, -0.1) is 0 Å². The Morgan fingerprint density at radius 1 is 1.12 bits per heavy atom. The van der Waals surface area contributed by atoms with Gasteiger partial charge in [-0.1, -0.05) is 36.4 Å². The maximum atomic E-state index is 12.8. The van der Waals surface area contributed by atoms with Crippen LogP contribution in [0.2, 0.25) is 0 Å². The molecule has 0 saturated carbocycles. The van der Waals surface area contributed by atoms with Crippen LogP contribution in [-0.2, 0) is 17.9 Å². The second kappa shape index (κ2) is 10.6. The quantitative estimate of drug-likeness (QED) is 0.509. The van der Waals surface area contributed by atoms with Crippen LogP contribution in [0, 0.1) is 5.92 Å². The molecule has 1 aliphatic rings. The summed E-state index contributed by atoms with van der Waals surface area (Å²) in [5.74, 6) is 1.28. The maximum absolute atomic E-state index is 12.8. The average Bonchev–Trinajstić information content (AvgIpc) is 2.84. The first-order valence-electron chi connectivity index (χ1n) is 11.7. The van der Waals surface area contributed by atoms with Gasteiger partial charge < -0.3 is 9.64 Å². The summed E-state index contributed by atoms with van der Waals surface area (Å²) < 4.78 is 6.13. The lowest BCUT2D eigenvalue weighted by Gasteiger charge is -2.34. The van der Waals surface area contributed by atoms with Crippen LogP contribution in [-0.4, -0.2) is 46.9 Å². The van der Waals surface area contributed by atoms with Gasteiger partial charge in [-0.25, -0.2) is 0 Å². The molecule has 1 atom stereocenters. The number of pyridine rings is 1. The van der Waals surface area contributed by atoms with Gasteiger partial charge in [-0.3, -0.25) is 14.7 Å². The molecule has 0 spiro atoms. The minimum Gasteiger partial charge on any atom is -0.489 e. The number of nitrogens with zero attached hydrogens (tertiary/aromatic N) is 3. The highest BCUT2D eigenvalue weighted by atomic mass is 16.5. The molecule has 1 aliphatic heterocycles. The van der Waals surface area contributed by atoms with Gasteiger partial charge in [-0.05, 0) is 57.0 Å². The molecule has 2 aromatic carbocycles. The molecule has 0 aliphatic carbocycles. The first kappa shape index (κ1) is 22.3. The number of amides is 1. The first-order chi connectivity index (χ1) is 15.7. The summed E-state index contributed by atoms with van der Waals surface area (Å²) in [5.41, 5.74) is 3.29. The second-order valence-corrected chi connectivity index (χ2v) is 8.51. The minimum atomic E-state index is 0.113. The highest BCUT2D eigenvalue weighted by Gasteiger charge is 2.28. The van der Waals surface area contributed by atoms with E-state index in [-0.39, 0.29) is 5.92 Å². The van der Waals surface area contributed by atoms with Crippen molar-refractivity contribution in [1.82, 2.24) is 14.8 Å². The Bertz CT molecular complexity index is 1040. The lowest BCUT2D eigenvalue weighted by molar-refractivity contribution is -0.137. The molecule has 1 saturated heterocycles. The Hall–Kier alpha value is -2.92. The van der Waals surface area contributed by atoms with Crippen molar-refractivity contribution in [3.63, 3.8) is 0 Å². The molecule has 1 fully saturated rings. The SMILES string of the molecule is CCN(CC)C(=O)C1CCCN(Cc2cccc(OCc3cccc4cccnc34)c2)C1. The number of para-hydroxylation sites is 1. The van der Waals surface area contributed by atoms with E-state index in [1.165, 1.54) is 5.56 Å². The van der Waals surface area contributed by atoms with Crippen LogP contribution in [0.25, 0.3) is 10.9 Å². The first-order valence-corrected chi connectivity index (χ1v) is 11.7. The molecule has 168 valence electrons. The lowest BCUT2D eigenvalue weighted by Crippen LogP contribution is -2.44. The van der Waals surface area contributed by atoms with Gasteiger partial charge in [0.2, 0.25) is 5.91 Å². The van der Waals surface area contributed by atoms with Crippen LogP contribution in [0.15, 0.2) is 60.8 Å². The molecule has 4 rings (SSSR count). The standard InChI is InChI=1S/C27H33N3O2/c1-3-30(4-2)27(31)23-13-8-16-29(19-23)18-21-9-5-14-25(17-21)32-20-24-11-6-10-22-12-7-15-28-26(22)24/h5-7,9-12,14-15,17,23H,3-4,8,13,16,18-20H2,1-2H3. The van der Waals surface area contributed by atoms with Crippen LogP contribution < -0.4 is 4.74 Å². The van der Waals surface area contributed by atoms with Crippen molar-refractivity contribution >= 4 is 16.8 Å². The van der Waals surface area contributed by atoms with Gasteiger partial charge in [-0.2, -0.15) is 0 Å². The average molecular weight is 432 g/mol. The number of rotatable bonds is 8. The fraction of sp³-hybridized carbons (Fsp3) is 0.407. The molecule has 0 bridgehead atoms. The van der Waals surface area contributed by atoms with Gasteiger partial charge >= 0.3 is 0 Å². The highest BCUT2D eigenvalue weighted by molar-refractivity contribution is 5.81. The lowest BCUT2D eigenvalue weighted by atomic mass is 9.96. The van der Waals surface area contributed by atoms with Crippen molar-refractivity contribution in [3.05, 3.63) is 71.9 Å². The molecule has 5 nitrogen and oxygen atoms in total. The zero-order chi connectivity index (χ0) is 22.3. The third kappa shape index (κ3) is 5.28. The number of carbonyl (C=O) groups is 1. The predicted molar refractivity (Wildman–Crippen MR) is 128 cm³/mol. The van der Waals surface area contributed by atoms with Crippen LogP contribution >= 0.6 is 0 Å². The van der Waals surface area contributed by atoms with Gasteiger partial charge in [0.1, 0.15) is 12.4 Å². The summed E-state index contributed by atoms with van der Waals surface area (Å²) in [7, 11) is 0. The molecule has 1 aromatic heterocycles. The topological polar surface area (TPSA) is 45.7 Å². The zero-order valence-electron chi connectivity index (χ0n) is 19.2. The predicted octanol–water partition coefficient (Wildman–Crippen LogP) is 4.89. The summed E-state index contributed by atoms with van der Waals surface area (Å²) in [4.78, 5) is 21.7. The van der Waals surface area contributed by atoms with Crippen LogP contribution in [0.5, 0.6) is 5.75 Å². The Morgan fingerprint density at radius 2 is 1.94 bits per heavy atom. The Balaban J connectivity index is 1.38. The summed E-state index contributed by atoms with van der Waals surface area (Å²) in [6, 6.07) is 18.5. The molecule has 1 unspecified atom stereocenters. The van der Waals surface area contributed by atoms with E-state index in [4.69, 9.17) is 4.74 Å². The van der Waals surface area contributed by atoms with Crippen LogP contribution in [0.4, 0.5) is 0 Å². The van der Waals surface area contributed by atoms with Crippen molar-refractivity contribution in [1.29, 1.82) is 0 Å². The van der Waals surface area contributed by atoms with E-state index >= 15 is 0 Å². The second-order valence-electron chi connectivity index (χ2n) is 8.51. The van der Waals surface area contributed by atoms with E-state index < -0.39 is 0 Å². The summed E-state index contributed by atoms with van der Waals surface area (Å²) in [6.07, 6.45) is 3.89. The van der Waals surface area contributed by atoms with Gasteiger partial charge in [0.25, 0.3) is 0 Å². The van der Waals surface area contributed by atoms with E-state index in [2.05, 4.69) is 60.1 Å². The number of fused-ring (bicyclic) bond motifs is 1. The van der Waals surface area contributed by atoms with E-state index in [0.717, 1.165) is 67.8 Å². The monoisotopic (exact) mass is 431 g/mol. The Morgan fingerprint density at radius 3 is 2.78 bits per heavy atom. The summed E-state index contributed by atoms with van der Waals surface area (Å²) in [5, 5.41) is 1.13. The summed E-state index contributed by atoms with van der Waals surface area (Å²) >= 11 is 0. The van der Waals surface area contributed by atoms with Crippen molar-refractivity contribution < 1.29 is 9.53 Å². The number of hydrogen-bond donors (Lipinski definition) is 0. The maximum Gasteiger partial charge on any atom is 0.226 e. The fourth-order valence-electron chi connectivity index (χ4n) is 4.63. The van der Waals surface area contributed by atoms with Gasteiger partial charge in [0, 0.05) is 43.3 Å². The number of carbonyl (C=O) groups excluding carboxylic acids is 1. The molecule has 3 aromatic rings. The number of benzene rings is 2. The van der Waals surface area contributed by atoms with Gasteiger partial charge in [0.05, 0.1) is 11.4 Å². The molecule has 5 heteroatoms. The Labute approximate surface area is 191 Å². The van der Waals surface area contributed by atoms with E-state index in [0.29, 0.717) is 12.5 Å². The minimum absolute atomic E-state index is 0.113. The molecular formula is C27H33N3O2. The number of likely N-dealkylation sites (tertiary alicyclic amines) is 1. The Kier molecular flexibility index (Phi) is 7.38. The number of ether oxygens (including phenoxy) is 1. The number of piperidine rings is 1. The molecule has 0 radical (unpaired) electrons. The van der Waals surface area contributed by atoms with E-state index in [1.807, 2.05) is 29.3 Å². The highest BCUT2D eigenvalue weighted by Crippen LogP contribution is 2.23. The molecule has 32 heavy (non-hydrogen) atoms. The van der Waals surface area contributed by atoms with Gasteiger partial charge in [0.15, 0.2) is 0 Å². The number of aromatic nitrogens is 1. The fourth-order valence-corrected chi connectivity index (χ4v) is 4.63. The molecule has 1 amide bonds. The smallest absolute Gasteiger partial charge is 0.226 e. The third-order valence-corrected chi connectivity index (χ3v) is 6.35. The van der Waals surface area contributed by atoms with Crippen molar-refractivity contribution in [2.45, 2.75) is 39.8 Å². The van der Waals surface area contributed by atoms with E-state index in [9.17, 15) is 4.79 Å². The van der Waals surface area contributed by atoms with Crippen molar-refractivity contribution in [3.8, 4) is 5.75 Å². The molecular weight excluding hydrogens is 398 g/mol. The number of hydrogen-bond acceptors (Lipinski definition) is 4. The van der Waals surface area contributed by atoms with Crippen molar-refractivity contribution in [2.24, 2.45) is 5.92 Å². The zero-order valence-corrected chi connectivity index (χ0v) is 19.2. The van der Waals surface area contributed by atoms with Crippen LogP contribution in [0.1, 0.15) is 37.8 Å². The molecule has 0 N–H and O–H groups in total.